The summed E-state index contributed by atoms with van der Waals surface area (Å²) < 4.78 is 29.1. The third-order valence-electron chi connectivity index (χ3n) is 4.43. The Morgan fingerprint density at radius 2 is 1.89 bits per heavy atom. The van der Waals surface area contributed by atoms with Crippen molar-refractivity contribution in [3.8, 4) is 0 Å². The monoisotopic (exact) mass is 289 g/mol. The summed E-state index contributed by atoms with van der Waals surface area (Å²) in [5.41, 5.74) is 0. The molecule has 19 heavy (non-hydrogen) atoms. The molecule has 0 N–H and O–H groups in total. The van der Waals surface area contributed by atoms with Crippen LogP contribution in [0.25, 0.3) is 0 Å². The Balaban J connectivity index is 1.89. The quantitative estimate of drug-likeness (QED) is 0.717. The molecule has 2 fully saturated rings. The number of ether oxygens (including phenoxy) is 1. The van der Waals surface area contributed by atoms with Crippen molar-refractivity contribution < 1.29 is 13.2 Å². The molecule has 1 saturated heterocycles. The van der Waals surface area contributed by atoms with Gasteiger partial charge < -0.3 is 4.74 Å². The van der Waals surface area contributed by atoms with Crippen LogP contribution in [0.4, 0.5) is 0 Å². The Bertz CT molecular complexity index is 357. The van der Waals surface area contributed by atoms with E-state index in [4.69, 9.17) is 4.74 Å². The molecule has 0 aromatic carbocycles. The zero-order valence-electron chi connectivity index (χ0n) is 12.0. The fraction of sp³-hybridized carbons (Fsp3) is 1.00. The lowest BCUT2D eigenvalue weighted by atomic mass is 10.1. The molecule has 0 unspecified atom stereocenters. The van der Waals surface area contributed by atoms with Crippen LogP contribution in [0.2, 0.25) is 0 Å². The van der Waals surface area contributed by atoms with Gasteiger partial charge in [-0.1, -0.05) is 19.8 Å². The molecule has 0 aromatic heterocycles. The molecule has 0 bridgehead atoms. The summed E-state index contributed by atoms with van der Waals surface area (Å²) in [7, 11) is -2.86. The van der Waals surface area contributed by atoms with E-state index in [1.165, 1.54) is 25.7 Å². The normalized spacial score (nSPS) is 25.5. The van der Waals surface area contributed by atoms with Crippen molar-refractivity contribution in [3.05, 3.63) is 0 Å². The van der Waals surface area contributed by atoms with Crippen molar-refractivity contribution in [3.63, 3.8) is 0 Å². The summed E-state index contributed by atoms with van der Waals surface area (Å²) >= 11 is 0. The summed E-state index contributed by atoms with van der Waals surface area (Å²) in [4.78, 5) is 2.39. The first kappa shape index (κ1) is 15.3. The van der Waals surface area contributed by atoms with Gasteiger partial charge in [-0.2, -0.15) is 0 Å². The van der Waals surface area contributed by atoms with Gasteiger partial charge in [0.05, 0.1) is 11.9 Å². The minimum Gasteiger partial charge on any atom is -0.377 e. The van der Waals surface area contributed by atoms with E-state index < -0.39 is 9.84 Å². The zero-order chi connectivity index (χ0) is 13.7. The number of hydrogen-bond acceptors (Lipinski definition) is 4. The maximum Gasteiger partial charge on any atom is 0.151 e. The van der Waals surface area contributed by atoms with Crippen LogP contribution in [0, 0.1) is 0 Å². The average molecular weight is 289 g/mol. The highest BCUT2D eigenvalue weighted by molar-refractivity contribution is 7.91. The summed E-state index contributed by atoms with van der Waals surface area (Å²) in [5.74, 6) is 0.554. The molecule has 1 aliphatic heterocycles. The van der Waals surface area contributed by atoms with Crippen LogP contribution in [0.1, 0.15) is 45.4 Å². The first-order valence-corrected chi connectivity index (χ1v) is 9.49. The fourth-order valence-electron chi connectivity index (χ4n) is 3.14. The summed E-state index contributed by atoms with van der Waals surface area (Å²) in [6, 6.07) is 0.580. The smallest absolute Gasteiger partial charge is 0.151 e. The first-order chi connectivity index (χ1) is 9.11. The van der Waals surface area contributed by atoms with E-state index in [2.05, 4.69) is 4.90 Å². The van der Waals surface area contributed by atoms with Gasteiger partial charge in [0.25, 0.3) is 0 Å². The standard InChI is InChI=1S/C14H27NO3S/c1-2-19(16,17)11-9-15(13-6-3-4-7-13)12-14-8-5-10-18-14/h13-14H,2-12H2,1H3/t14-/m0/s1. The van der Waals surface area contributed by atoms with Gasteiger partial charge in [-0.05, 0) is 25.7 Å². The molecule has 112 valence electrons. The summed E-state index contributed by atoms with van der Waals surface area (Å²) in [5, 5.41) is 0. The van der Waals surface area contributed by atoms with Crippen LogP contribution in [0.15, 0.2) is 0 Å². The second-order valence-electron chi connectivity index (χ2n) is 5.80. The van der Waals surface area contributed by atoms with Crippen LogP contribution < -0.4 is 0 Å². The van der Waals surface area contributed by atoms with Gasteiger partial charge >= 0.3 is 0 Å². The van der Waals surface area contributed by atoms with Crippen LogP contribution in [-0.2, 0) is 14.6 Å². The zero-order valence-corrected chi connectivity index (χ0v) is 12.8. The van der Waals surface area contributed by atoms with Crippen LogP contribution in [0.5, 0.6) is 0 Å². The Morgan fingerprint density at radius 1 is 1.16 bits per heavy atom. The number of sulfone groups is 1. The molecule has 5 heteroatoms. The molecule has 2 rings (SSSR count). The van der Waals surface area contributed by atoms with Crippen LogP contribution >= 0.6 is 0 Å². The molecular formula is C14H27NO3S. The topological polar surface area (TPSA) is 46.6 Å². The van der Waals surface area contributed by atoms with Gasteiger partial charge in [-0.25, -0.2) is 8.42 Å². The molecule has 0 amide bonds. The Hall–Kier alpha value is -0.130. The van der Waals surface area contributed by atoms with E-state index in [0.29, 0.717) is 24.4 Å². The molecule has 0 spiro atoms. The van der Waals surface area contributed by atoms with Crippen LogP contribution in [0.3, 0.4) is 0 Å². The average Bonchev–Trinajstić information content (AvgIpc) is 3.07. The maximum absolute atomic E-state index is 11.7. The fourth-order valence-corrected chi connectivity index (χ4v) is 3.94. The van der Waals surface area contributed by atoms with E-state index in [1.807, 2.05) is 0 Å². The largest absolute Gasteiger partial charge is 0.377 e. The third kappa shape index (κ3) is 4.72. The SMILES string of the molecule is CCS(=O)(=O)CCN(C[C@@H]1CCCO1)C1CCCC1. The van der Waals surface area contributed by atoms with Crippen molar-refractivity contribution >= 4 is 9.84 Å². The lowest BCUT2D eigenvalue weighted by molar-refractivity contribution is 0.0603. The Morgan fingerprint density at radius 3 is 2.47 bits per heavy atom. The lowest BCUT2D eigenvalue weighted by Crippen LogP contribution is -2.41. The molecular weight excluding hydrogens is 262 g/mol. The molecule has 1 saturated carbocycles. The summed E-state index contributed by atoms with van der Waals surface area (Å²) in [6.45, 7) is 4.20. The molecule has 0 radical (unpaired) electrons. The van der Waals surface area contributed by atoms with E-state index >= 15 is 0 Å². The highest BCUT2D eigenvalue weighted by Gasteiger charge is 2.27. The minimum atomic E-state index is -2.86. The van der Waals surface area contributed by atoms with Gasteiger partial charge in [0.2, 0.25) is 0 Å². The van der Waals surface area contributed by atoms with Crippen molar-refractivity contribution in [2.75, 3.05) is 31.2 Å². The highest BCUT2D eigenvalue weighted by Crippen LogP contribution is 2.25. The van der Waals surface area contributed by atoms with Crippen LogP contribution in [-0.4, -0.2) is 56.7 Å². The second kappa shape index (κ2) is 7.04. The summed E-state index contributed by atoms with van der Waals surface area (Å²) in [6.07, 6.45) is 7.61. The highest BCUT2D eigenvalue weighted by atomic mass is 32.2. The Labute approximate surface area is 117 Å². The Kier molecular flexibility index (Phi) is 5.66. The van der Waals surface area contributed by atoms with Gasteiger partial charge in [0.15, 0.2) is 9.84 Å². The first-order valence-electron chi connectivity index (χ1n) is 7.67. The maximum atomic E-state index is 11.7. The second-order valence-corrected chi connectivity index (χ2v) is 8.28. The molecule has 1 atom stereocenters. The van der Waals surface area contributed by atoms with Crippen molar-refractivity contribution in [1.82, 2.24) is 4.90 Å². The molecule has 1 aliphatic carbocycles. The lowest BCUT2D eigenvalue weighted by Gasteiger charge is -2.30. The van der Waals surface area contributed by atoms with E-state index in [0.717, 1.165) is 26.0 Å². The number of rotatable bonds is 7. The predicted octanol–water partition coefficient (Wildman–Crippen LogP) is 1.84. The molecule has 2 aliphatic rings. The van der Waals surface area contributed by atoms with Gasteiger partial charge in [-0.3, -0.25) is 4.90 Å². The number of hydrogen-bond donors (Lipinski definition) is 0. The molecule has 0 aromatic rings. The van der Waals surface area contributed by atoms with Gasteiger partial charge in [0, 0.05) is 31.5 Å². The molecule has 4 nitrogen and oxygen atoms in total. The van der Waals surface area contributed by atoms with E-state index in [-0.39, 0.29) is 5.75 Å². The van der Waals surface area contributed by atoms with Crippen molar-refractivity contribution in [2.45, 2.75) is 57.6 Å². The van der Waals surface area contributed by atoms with E-state index in [1.54, 1.807) is 6.92 Å². The van der Waals surface area contributed by atoms with Crippen molar-refractivity contribution in [1.29, 1.82) is 0 Å². The predicted molar refractivity (Wildman–Crippen MR) is 77.1 cm³/mol. The number of nitrogens with zero attached hydrogens (tertiary/aromatic N) is 1. The van der Waals surface area contributed by atoms with Gasteiger partial charge in [0.1, 0.15) is 0 Å². The molecule has 1 heterocycles. The minimum absolute atomic E-state index is 0.255. The third-order valence-corrected chi connectivity index (χ3v) is 6.12. The van der Waals surface area contributed by atoms with Gasteiger partial charge in [-0.15, -0.1) is 0 Å². The van der Waals surface area contributed by atoms with Crippen molar-refractivity contribution in [2.24, 2.45) is 0 Å². The van der Waals surface area contributed by atoms with E-state index in [9.17, 15) is 8.42 Å².